The Morgan fingerprint density at radius 2 is 1.97 bits per heavy atom. The van der Waals surface area contributed by atoms with E-state index < -0.39 is 17.2 Å². The molecule has 0 bridgehead atoms. The molecule has 0 radical (unpaired) electrons. The Hall–Kier alpha value is -2.36. The van der Waals surface area contributed by atoms with Crippen molar-refractivity contribution in [2.24, 2.45) is 0 Å². The van der Waals surface area contributed by atoms with Gasteiger partial charge in [0.1, 0.15) is 34.2 Å². The second-order valence-corrected chi connectivity index (χ2v) is 8.91. The summed E-state index contributed by atoms with van der Waals surface area (Å²) in [7, 11) is 0. The molecule has 164 valence electrons. The molecular weight excluding hydrogens is 438 g/mol. The van der Waals surface area contributed by atoms with Crippen molar-refractivity contribution in [2.45, 2.75) is 31.7 Å². The summed E-state index contributed by atoms with van der Waals surface area (Å²) >= 11 is 7.08. The molecule has 0 fully saturated rings. The average Bonchev–Trinajstić information content (AvgIpc) is 3.24. The minimum absolute atomic E-state index is 0.0193. The SMILES string of the molecule is CCN(CC(O)(Cn1cncn1)c1ccc(F)cc1F)C(=S)SCc1ccc(C)cc1. The summed E-state index contributed by atoms with van der Waals surface area (Å²) in [5.41, 5.74) is 0.604. The summed E-state index contributed by atoms with van der Waals surface area (Å²) in [6.07, 6.45) is 2.77. The monoisotopic (exact) mass is 462 g/mol. The van der Waals surface area contributed by atoms with Crippen LogP contribution in [-0.2, 0) is 17.9 Å². The van der Waals surface area contributed by atoms with Crippen molar-refractivity contribution in [1.29, 1.82) is 0 Å². The normalized spacial score (nSPS) is 13.1. The van der Waals surface area contributed by atoms with E-state index in [1.165, 1.54) is 40.7 Å². The van der Waals surface area contributed by atoms with Gasteiger partial charge in [0.2, 0.25) is 0 Å². The predicted octanol–water partition coefficient (Wildman–Crippen LogP) is 4.29. The Morgan fingerprint density at radius 1 is 1.23 bits per heavy atom. The minimum atomic E-state index is -1.70. The third-order valence-electron chi connectivity index (χ3n) is 4.90. The van der Waals surface area contributed by atoms with E-state index in [0.29, 0.717) is 16.6 Å². The third kappa shape index (κ3) is 6.09. The van der Waals surface area contributed by atoms with Gasteiger partial charge in [-0.15, -0.1) is 0 Å². The summed E-state index contributed by atoms with van der Waals surface area (Å²) in [5, 5.41) is 15.6. The Balaban J connectivity index is 1.80. The largest absolute Gasteiger partial charge is 0.381 e. The van der Waals surface area contributed by atoms with E-state index in [4.69, 9.17) is 12.2 Å². The first kappa shape index (κ1) is 23.3. The van der Waals surface area contributed by atoms with Gasteiger partial charge in [0.25, 0.3) is 0 Å². The fourth-order valence-electron chi connectivity index (χ4n) is 3.21. The number of aromatic nitrogens is 3. The van der Waals surface area contributed by atoms with E-state index in [-0.39, 0.29) is 18.7 Å². The number of thiocarbonyl (C=S) groups is 1. The number of halogens is 2. The molecule has 3 rings (SSSR count). The highest BCUT2D eigenvalue weighted by molar-refractivity contribution is 8.22. The molecule has 1 N–H and O–H groups in total. The summed E-state index contributed by atoms with van der Waals surface area (Å²) in [5.74, 6) is -0.847. The molecule has 0 spiro atoms. The highest BCUT2D eigenvalue weighted by Crippen LogP contribution is 2.29. The maximum atomic E-state index is 14.6. The smallest absolute Gasteiger partial charge is 0.137 e. The molecule has 1 atom stereocenters. The lowest BCUT2D eigenvalue weighted by atomic mass is 9.92. The van der Waals surface area contributed by atoms with E-state index in [1.54, 1.807) is 0 Å². The Bertz CT molecular complexity index is 1010. The number of rotatable bonds is 8. The topological polar surface area (TPSA) is 54.2 Å². The van der Waals surface area contributed by atoms with Gasteiger partial charge in [-0.2, -0.15) is 5.10 Å². The summed E-state index contributed by atoms with van der Waals surface area (Å²) in [6, 6.07) is 11.4. The molecular formula is C22H24F2N4OS2. The zero-order valence-electron chi connectivity index (χ0n) is 17.3. The Labute approximate surface area is 190 Å². The Kier molecular flexibility index (Phi) is 7.74. The highest BCUT2D eigenvalue weighted by Gasteiger charge is 2.36. The van der Waals surface area contributed by atoms with Crippen molar-refractivity contribution >= 4 is 28.3 Å². The van der Waals surface area contributed by atoms with Crippen LogP contribution in [0.1, 0.15) is 23.6 Å². The van der Waals surface area contributed by atoms with E-state index in [0.717, 1.165) is 17.7 Å². The molecule has 1 aromatic heterocycles. The van der Waals surface area contributed by atoms with Crippen LogP contribution in [0.2, 0.25) is 0 Å². The number of nitrogens with zero attached hydrogens (tertiary/aromatic N) is 4. The van der Waals surface area contributed by atoms with Crippen LogP contribution in [0.15, 0.2) is 55.1 Å². The van der Waals surface area contributed by atoms with Gasteiger partial charge in [0.15, 0.2) is 0 Å². The van der Waals surface area contributed by atoms with Gasteiger partial charge < -0.3 is 10.0 Å². The molecule has 0 saturated carbocycles. The zero-order chi connectivity index (χ0) is 22.4. The van der Waals surface area contributed by atoms with Gasteiger partial charge in [-0.3, -0.25) is 0 Å². The molecule has 1 heterocycles. The molecule has 9 heteroatoms. The second-order valence-electron chi connectivity index (χ2n) is 7.30. The highest BCUT2D eigenvalue weighted by atomic mass is 32.2. The van der Waals surface area contributed by atoms with Gasteiger partial charge in [0, 0.05) is 23.9 Å². The van der Waals surface area contributed by atoms with Crippen molar-refractivity contribution < 1.29 is 13.9 Å². The number of hydrogen-bond acceptors (Lipinski definition) is 5. The van der Waals surface area contributed by atoms with Crippen LogP contribution in [0.25, 0.3) is 0 Å². The summed E-state index contributed by atoms with van der Waals surface area (Å²) in [6.45, 7) is 4.42. The van der Waals surface area contributed by atoms with Crippen LogP contribution < -0.4 is 0 Å². The van der Waals surface area contributed by atoms with E-state index in [1.807, 2.05) is 30.9 Å². The molecule has 3 aromatic rings. The van der Waals surface area contributed by atoms with E-state index >= 15 is 0 Å². The van der Waals surface area contributed by atoms with Crippen molar-refractivity contribution in [1.82, 2.24) is 19.7 Å². The van der Waals surface area contributed by atoms with Gasteiger partial charge >= 0.3 is 0 Å². The van der Waals surface area contributed by atoms with Crippen molar-refractivity contribution in [2.75, 3.05) is 13.1 Å². The molecule has 0 aliphatic carbocycles. The van der Waals surface area contributed by atoms with Crippen LogP contribution in [0, 0.1) is 18.6 Å². The Morgan fingerprint density at radius 3 is 2.58 bits per heavy atom. The van der Waals surface area contributed by atoms with Gasteiger partial charge in [-0.05, 0) is 25.5 Å². The molecule has 2 aromatic carbocycles. The lowest BCUT2D eigenvalue weighted by Crippen LogP contribution is -2.46. The molecule has 31 heavy (non-hydrogen) atoms. The number of aryl methyl sites for hydroxylation is 1. The molecule has 0 aliphatic rings. The van der Waals surface area contributed by atoms with Crippen LogP contribution in [0.3, 0.4) is 0 Å². The van der Waals surface area contributed by atoms with Crippen LogP contribution in [0.5, 0.6) is 0 Å². The molecule has 1 unspecified atom stereocenters. The quantitative estimate of drug-likeness (QED) is 0.504. The van der Waals surface area contributed by atoms with Gasteiger partial charge in [0.05, 0.1) is 13.1 Å². The minimum Gasteiger partial charge on any atom is -0.381 e. The van der Waals surface area contributed by atoms with Crippen molar-refractivity contribution in [3.05, 3.63) is 83.4 Å². The van der Waals surface area contributed by atoms with Gasteiger partial charge in [-0.25, -0.2) is 18.4 Å². The number of aliphatic hydroxyl groups is 1. The van der Waals surface area contributed by atoms with Crippen LogP contribution in [-0.4, -0.2) is 42.2 Å². The van der Waals surface area contributed by atoms with E-state index in [9.17, 15) is 13.9 Å². The first-order chi connectivity index (χ1) is 14.8. The fourth-order valence-corrected chi connectivity index (χ4v) is 4.44. The number of hydrogen-bond donors (Lipinski definition) is 1. The number of thioether (sulfide) groups is 1. The van der Waals surface area contributed by atoms with Crippen molar-refractivity contribution in [3.63, 3.8) is 0 Å². The average molecular weight is 463 g/mol. The summed E-state index contributed by atoms with van der Waals surface area (Å²) in [4.78, 5) is 5.70. The van der Waals surface area contributed by atoms with E-state index in [2.05, 4.69) is 22.2 Å². The first-order valence-corrected chi connectivity index (χ1v) is 11.2. The van der Waals surface area contributed by atoms with Gasteiger partial charge in [-0.1, -0.05) is 59.9 Å². The predicted molar refractivity (Wildman–Crippen MR) is 123 cm³/mol. The van der Waals surface area contributed by atoms with Crippen molar-refractivity contribution in [3.8, 4) is 0 Å². The first-order valence-electron chi connectivity index (χ1n) is 9.78. The maximum Gasteiger partial charge on any atom is 0.137 e. The second kappa shape index (κ2) is 10.3. The van der Waals surface area contributed by atoms with Crippen LogP contribution in [0.4, 0.5) is 8.78 Å². The zero-order valence-corrected chi connectivity index (χ0v) is 19.0. The fraction of sp³-hybridized carbons (Fsp3) is 0.318. The molecule has 0 aliphatic heterocycles. The standard InChI is InChI=1S/C22H24F2N4OS2/c1-3-27(21(30)31-11-17-6-4-16(2)5-7-17)12-22(29,13-28-15-25-14-26-28)19-9-8-18(23)10-20(19)24/h4-10,14-15,29H,3,11-13H2,1-2H3. The maximum absolute atomic E-state index is 14.6. The number of likely N-dealkylation sites (N-methyl/N-ethyl adjacent to an activating group) is 1. The summed E-state index contributed by atoms with van der Waals surface area (Å²) < 4.78 is 30.1. The number of benzene rings is 2. The molecule has 5 nitrogen and oxygen atoms in total. The lowest BCUT2D eigenvalue weighted by Gasteiger charge is -2.35. The van der Waals surface area contributed by atoms with Crippen LogP contribution >= 0.6 is 24.0 Å². The molecule has 0 amide bonds. The lowest BCUT2D eigenvalue weighted by molar-refractivity contribution is -0.00542. The molecule has 0 saturated heterocycles. The third-order valence-corrected chi connectivity index (χ3v) is 6.49.